The second kappa shape index (κ2) is 15.8. The van der Waals surface area contributed by atoms with Crippen LogP contribution in [0.3, 0.4) is 0 Å². The summed E-state index contributed by atoms with van der Waals surface area (Å²) in [5.74, 6) is 0.578. The molecule has 0 aliphatic carbocycles. The number of benzene rings is 4. The van der Waals surface area contributed by atoms with Crippen LogP contribution in [-0.2, 0) is 23.3 Å². The van der Waals surface area contributed by atoms with Crippen LogP contribution in [0.15, 0.2) is 91.0 Å². The van der Waals surface area contributed by atoms with Gasteiger partial charge in [0.25, 0.3) is 0 Å². The van der Waals surface area contributed by atoms with Crippen molar-refractivity contribution in [1.82, 2.24) is 0 Å². The monoisotopic (exact) mass is 656 g/mol. The fourth-order valence-electron chi connectivity index (χ4n) is 5.74. The van der Waals surface area contributed by atoms with Crippen molar-refractivity contribution in [1.29, 1.82) is 0 Å². The molecule has 0 amide bonds. The van der Waals surface area contributed by atoms with Crippen LogP contribution in [0.1, 0.15) is 58.7 Å². The molecule has 0 aliphatic heterocycles. The Hall–Kier alpha value is -2.80. The van der Waals surface area contributed by atoms with Gasteiger partial charge >= 0.3 is 30.2 Å². The van der Waals surface area contributed by atoms with E-state index >= 15 is 0 Å². The Morgan fingerprint density at radius 2 is 1.07 bits per heavy atom. The fourth-order valence-corrected chi connectivity index (χ4v) is 5.74. The number of aryl methyl sites for hydroxylation is 4. The minimum atomic E-state index is 0. The molecule has 0 saturated carbocycles. The summed E-state index contributed by atoms with van der Waals surface area (Å²) in [5, 5.41) is 5.50. The summed E-state index contributed by atoms with van der Waals surface area (Å²) in [5.41, 5.74) is 15.0. The first-order valence-corrected chi connectivity index (χ1v) is 18.6. The summed E-state index contributed by atoms with van der Waals surface area (Å²) in [7, 11) is 0. The normalized spacial score (nSPS) is 10.3. The first kappa shape index (κ1) is 36.4. The molecule has 0 N–H and O–H groups in total. The van der Waals surface area contributed by atoms with Crippen molar-refractivity contribution in [2.75, 3.05) is 0 Å². The van der Waals surface area contributed by atoms with Crippen molar-refractivity contribution in [3.63, 3.8) is 0 Å². The summed E-state index contributed by atoms with van der Waals surface area (Å²) in [4.78, 5) is 0. The molecule has 0 spiro atoms. The van der Waals surface area contributed by atoms with Gasteiger partial charge in [-0.3, -0.25) is 0 Å². The zero-order chi connectivity index (χ0) is 29.8. The predicted octanol–water partition coefficient (Wildman–Crippen LogP) is 11.9. The second-order valence-electron chi connectivity index (χ2n) is 11.5. The van der Waals surface area contributed by atoms with Crippen LogP contribution in [0.25, 0.3) is 43.8 Å². The summed E-state index contributed by atoms with van der Waals surface area (Å²) < 4.78 is 0. The van der Waals surface area contributed by atoms with Gasteiger partial charge in [-0.25, -0.2) is 0 Å². The molecule has 0 aromatic heterocycles. The Morgan fingerprint density at radius 1 is 0.558 bits per heavy atom. The van der Waals surface area contributed by atoms with E-state index in [1.165, 1.54) is 106 Å². The maximum absolute atomic E-state index is 3.06. The van der Waals surface area contributed by atoms with Gasteiger partial charge in [0.2, 0.25) is 0 Å². The minimum absolute atomic E-state index is 0. The average Bonchev–Trinajstić information content (AvgIpc) is 3.58. The summed E-state index contributed by atoms with van der Waals surface area (Å²) in [6.45, 7) is 20.7. The van der Waals surface area contributed by atoms with Crippen LogP contribution in [0.4, 0.5) is 0 Å². The van der Waals surface area contributed by atoms with E-state index in [0.717, 1.165) is 0 Å². The van der Waals surface area contributed by atoms with Gasteiger partial charge in [-0.05, 0) is 67.0 Å². The second-order valence-corrected chi connectivity index (χ2v) is 11.5. The third kappa shape index (κ3) is 7.65. The van der Waals surface area contributed by atoms with Crippen molar-refractivity contribution in [2.45, 2.75) is 61.3 Å². The number of hydrogen-bond acceptors (Lipinski definition) is 0. The molecular weight excluding hydrogens is 612 g/mol. The summed E-state index contributed by atoms with van der Waals surface area (Å²) in [6.07, 6.45) is 0. The Morgan fingerprint density at radius 3 is 1.63 bits per heavy atom. The van der Waals surface area contributed by atoms with Gasteiger partial charge in [0.1, 0.15) is 0 Å². The molecular formula is C41H46SiZr-4. The quantitative estimate of drug-likeness (QED) is 0.131. The number of hydrogen-bond donors (Lipinski definition) is 0. The molecule has 0 aliphatic rings. The van der Waals surface area contributed by atoms with Crippen molar-refractivity contribution in [2.24, 2.45) is 0 Å². The van der Waals surface area contributed by atoms with E-state index in [1.54, 1.807) is 0 Å². The Labute approximate surface area is 278 Å². The first-order valence-electron chi connectivity index (χ1n) is 14.4. The van der Waals surface area contributed by atoms with Gasteiger partial charge in [0.05, 0.1) is 0 Å². The Kier molecular flexibility index (Phi) is 13.4. The van der Waals surface area contributed by atoms with Gasteiger partial charge in [-0.15, -0.1) is 68.6 Å². The topological polar surface area (TPSA) is 0 Å². The zero-order valence-electron chi connectivity index (χ0n) is 27.7. The fraction of sp³-hybridized carbons (Fsp3) is 0.220. The van der Waals surface area contributed by atoms with Crippen molar-refractivity contribution in [3.05, 3.63) is 145 Å². The predicted molar refractivity (Wildman–Crippen MR) is 191 cm³/mol. The van der Waals surface area contributed by atoms with E-state index in [2.05, 4.69) is 153 Å². The van der Waals surface area contributed by atoms with Gasteiger partial charge in [-0.2, -0.15) is 12.1 Å². The van der Waals surface area contributed by atoms with E-state index in [-0.39, 0.29) is 14.9 Å². The van der Waals surface area contributed by atoms with Gasteiger partial charge in [-0.1, -0.05) is 87.4 Å². The Balaban J connectivity index is 0.000000272. The maximum atomic E-state index is 3.06. The number of rotatable bonds is 3. The zero-order valence-corrected chi connectivity index (χ0v) is 31.2. The number of fused-ring (bicyclic) bond motifs is 2. The molecule has 6 aromatic rings. The first-order chi connectivity index (χ1) is 19.7. The average molecular weight is 658 g/mol. The molecule has 0 heterocycles. The summed E-state index contributed by atoms with van der Waals surface area (Å²) >= 11 is 1.36. The van der Waals surface area contributed by atoms with Crippen LogP contribution in [-0.4, -0.2) is 6.88 Å². The molecule has 0 unspecified atom stereocenters. The standard InChI is InChI=1S/C20H21.C19H19.2CH3.Si.Zr/c1-13(2)17-11-16-8-6-10-19(20(16)12-17)18-9-5-7-14(3)15(18)4;1-12-10-18-14(3)8-9-17(19(18)11-12)16-7-5-6-13(2)15(16)4;;;;/h5-13H,1-4H3;5-11H,1-4H3;2*1H3;;/q4*-1;;. The van der Waals surface area contributed by atoms with E-state index < -0.39 is 0 Å². The molecule has 0 nitrogen and oxygen atoms in total. The molecule has 222 valence electrons. The van der Waals surface area contributed by atoms with E-state index in [1.807, 2.05) is 0 Å². The molecule has 0 saturated heterocycles. The van der Waals surface area contributed by atoms with Gasteiger partial charge < -0.3 is 14.9 Å². The van der Waals surface area contributed by atoms with Gasteiger partial charge in [0, 0.05) is 0 Å². The molecule has 2 radical (unpaired) electrons. The SMILES string of the molecule is Cc1cc2c(-c3cccc(C)c3C)ccc(C)c2[cH-]1.Cc1cccc(-c2cccc3[cH-]c(C(C)C)cc23)c1C.[CH3-].[CH3-].[Si]=[Zr]. The third-order valence-corrected chi connectivity index (χ3v) is 8.48. The van der Waals surface area contributed by atoms with E-state index in [4.69, 9.17) is 0 Å². The van der Waals surface area contributed by atoms with E-state index in [0.29, 0.717) is 5.92 Å². The van der Waals surface area contributed by atoms with Crippen LogP contribution < -0.4 is 0 Å². The van der Waals surface area contributed by atoms with Crippen LogP contribution >= 0.6 is 0 Å². The molecule has 0 fully saturated rings. The molecule has 6 aromatic carbocycles. The van der Waals surface area contributed by atoms with Crippen molar-refractivity contribution in [3.8, 4) is 22.3 Å². The summed E-state index contributed by atoms with van der Waals surface area (Å²) in [6, 6.07) is 33.6. The van der Waals surface area contributed by atoms with Crippen LogP contribution in [0, 0.1) is 56.4 Å². The molecule has 0 bridgehead atoms. The molecule has 0 atom stereocenters. The van der Waals surface area contributed by atoms with Crippen LogP contribution in [0.2, 0.25) is 0 Å². The van der Waals surface area contributed by atoms with Crippen molar-refractivity contribution >= 4 is 28.4 Å². The Bertz CT molecular complexity index is 1810. The molecule has 43 heavy (non-hydrogen) atoms. The molecule has 2 heteroatoms. The molecule has 6 rings (SSSR count). The van der Waals surface area contributed by atoms with Gasteiger partial charge in [0.15, 0.2) is 0 Å². The third-order valence-electron chi connectivity index (χ3n) is 8.48. The van der Waals surface area contributed by atoms with E-state index in [9.17, 15) is 0 Å². The van der Waals surface area contributed by atoms with Crippen molar-refractivity contribution < 1.29 is 23.3 Å². The van der Waals surface area contributed by atoms with Crippen LogP contribution in [0.5, 0.6) is 0 Å².